The maximum absolute atomic E-state index is 11.8. The summed E-state index contributed by atoms with van der Waals surface area (Å²) < 4.78 is 0. The number of aromatic amines is 1. The summed E-state index contributed by atoms with van der Waals surface area (Å²) in [7, 11) is 0. The van der Waals surface area contributed by atoms with E-state index in [1.54, 1.807) is 0 Å². The zero-order chi connectivity index (χ0) is 11.8. The summed E-state index contributed by atoms with van der Waals surface area (Å²) in [6, 6.07) is 0. The van der Waals surface area contributed by atoms with Gasteiger partial charge in [-0.05, 0) is 25.7 Å². The van der Waals surface area contributed by atoms with Crippen molar-refractivity contribution < 1.29 is 4.79 Å². The second kappa shape index (κ2) is 3.92. The van der Waals surface area contributed by atoms with Gasteiger partial charge in [-0.2, -0.15) is 0 Å². The van der Waals surface area contributed by atoms with Gasteiger partial charge in [-0.25, -0.2) is 4.98 Å². The van der Waals surface area contributed by atoms with Crippen LogP contribution in [0.15, 0.2) is 0 Å². The number of amides is 1. The van der Waals surface area contributed by atoms with E-state index >= 15 is 0 Å². The fraction of sp³-hybridized carbons (Fsp3) is 0.667. The number of hydrogen-bond donors (Lipinski definition) is 2. The summed E-state index contributed by atoms with van der Waals surface area (Å²) in [5, 5.41) is 2.83. The molecule has 0 unspecified atom stereocenters. The maximum Gasteiger partial charge on any atom is 0.232 e. The summed E-state index contributed by atoms with van der Waals surface area (Å²) in [4.78, 5) is 19.4. The third kappa shape index (κ3) is 2.26. The second-order valence-electron chi connectivity index (χ2n) is 5.42. The molecule has 0 aliphatic heterocycles. The maximum atomic E-state index is 11.8. The lowest BCUT2D eigenvalue weighted by Crippen LogP contribution is -2.28. The van der Waals surface area contributed by atoms with Gasteiger partial charge in [-0.3, -0.25) is 10.1 Å². The van der Waals surface area contributed by atoms with Gasteiger partial charge in [0.2, 0.25) is 11.9 Å². The van der Waals surface area contributed by atoms with Crippen molar-refractivity contribution in [3.63, 3.8) is 0 Å². The van der Waals surface area contributed by atoms with E-state index in [2.05, 4.69) is 15.3 Å². The zero-order valence-corrected chi connectivity index (χ0v) is 10.2. The van der Waals surface area contributed by atoms with Gasteiger partial charge < -0.3 is 4.98 Å². The van der Waals surface area contributed by atoms with Crippen molar-refractivity contribution in [1.82, 2.24) is 9.97 Å². The summed E-state index contributed by atoms with van der Waals surface area (Å²) in [5.74, 6) is 0.602. The summed E-state index contributed by atoms with van der Waals surface area (Å²) in [6.45, 7) is 5.68. The number of aryl methyl sites for hydroxylation is 2. The topological polar surface area (TPSA) is 57.8 Å². The van der Waals surface area contributed by atoms with E-state index in [0.29, 0.717) is 5.95 Å². The molecule has 0 radical (unpaired) electrons. The SMILES string of the molecule is CC(C)(C)C(=O)Nc1nc2c([nH]1)CCCC2. The first-order chi connectivity index (χ1) is 7.47. The molecule has 0 aromatic carbocycles. The average molecular weight is 221 g/mol. The van der Waals surface area contributed by atoms with Crippen LogP contribution in [0, 0.1) is 5.41 Å². The number of fused-ring (bicyclic) bond motifs is 1. The van der Waals surface area contributed by atoms with E-state index < -0.39 is 0 Å². The molecule has 1 aromatic rings. The molecule has 1 aliphatic rings. The molecule has 1 heterocycles. The van der Waals surface area contributed by atoms with Crippen LogP contribution >= 0.6 is 0 Å². The van der Waals surface area contributed by atoms with Crippen LogP contribution in [0.5, 0.6) is 0 Å². The molecule has 88 valence electrons. The molecule has 0 bridgehead atoms. The van der Waals surface area contributed by atoms with Crippen LogP contribution < -0.4 is 5.32 Å². The average Bonchev–Trinajstić information content (AvgIpc) is 2.58. The van der Waals surface area contributed by atoms with E-state index in [0.717, 1.165) is 18.5 Å². The number of anilines is 1. The fourth-order valence-corrected chi connectivity index (χ4v) is 1.81. The van der Waals surface area contributed by atoms with Gasteiger partial charge in [0.15, 0.2) is 0 Å². The Balaban J connectivity index is 2.11. The number of imidazole rings is 1. The van der Waals surface area contributed by atoms with Crippen molar-refractivity contribution in [3.8, 4) is 0 Å². The number of nitrogens with one attached hydrogen (secondary N) is 2. The lowest BCUT2D eigenvalue weighted by atomic mass is 9.96. The largest absolute Gasteiger partial charge is 0.328 e. The molecule has 2 rings (SSSR count). The van der Waals surface area contributed by atoms with E-state index in [1.807, 2.05) is 20.8 Å². The Bertz CT molecular complexity index is 377. The lowest BCUT2D eigenvalue weighted by Gasteiger charge is -2.15. The summed E-state index contributed by atoms with van der Waals surface area (Å²) in [5.41, 5.74) is 1.93. The Morgan fingerprint density at radius 1 is 1.31 bits per heavy atom. The van der Waals surface area contributed by atoms with Crippen molar-refractivity contribution in [1.29, 1.82) is 0 Å². The van der Waals surface area contributed by atoms with Gasteiger partial charge in [0.25, 0.3) is 0 Å². The van der Waals surface area contributed by atoms with Gasteiger partial charge in [0.1, 0.15) is 0 Å². The predicted molar refractivity (Wildman–Crippen MR) is 63.3 cm³/mol. The third-order valence-electron chi connectivity index (χ3n) is 2.87. The van der Waals surface area contributed by atoms with E-state index in [9.17, 15) is 4.79 Å². The molecular weight excluding hydrogens is 202 g/mol. The smallest absolute Gasteiger partial charge is 0.232 e. The van der Waals surface area contributed by atoms with Crippen LogP contribution in [0.4, 0.5) is 5.95 Å². The van der Waals surface area contributed by atoms with Crippen molar-refractivity contribution in [2.45, 2.75) is 46.5 Å². The molecular formula is C12H19N3O. The van der Waals surface area contributed by atoms with Gasteiger partial charge in [0.05, 0.1) is 5.69 Å². The highest BCUT2D eigenvalue weighted by atomic mass is 16.2. The van der Waals surface area contributed by atoms with E-state index in [4.69, 9.17) is 0 Å². The molecule has 2 N–H and O–H groups in total. The lowest BCUT2D eigenvalue weighted by molar-refractivity contribution is -0.123. The Morgan fingerprint density at radius 2 is 2.00 bits per heavy atom. The molecule has 1 aromatic heterocycles. The first-order valence-electron chi connectivity index (χ1n) is 5.86. The van der Waals surface area contributed by atoms with Gasteiger partial charge in [-0.15, -0.1) is 0 Å². The Labute approximate surface area is 95.9 Å². The monoisotopic (exact) mass is 221 g/mol. The number of carbonyl (C=O) groups excluding carboxylic acids is 1. The number of carbonyl (C=O) groups is 1. The van der Waals surface area contributed by atoms with Crippen molar-refractivity contribution in [2.24, 2.45) is 5.41 Å². The predicted octanol–water partition coefficient (Wildman–Crippen LogP) is 2.27. The molecule has 1 aliphatic carbocycles. The van der Waals surface area contributed by atoms with Crippen molar-refractivity contribution in [3.05, 3.63) is 11.4 Å². The highest BCUT2D eigenvalue weighted by molar-refractivity contribution is 5.93. The molecule has 4 heteroatoms. The van der Waals surface area contributed by atoms with E-state index in [1.165, 1.54) is 18.5 Å². The Hall–Kier alpha value is -1.32. The molecule has 0 saturated carbocycles. The summed E-state index contributed by atoms with van der Waals surface area (Å²) in [6.07, 6.45) is 4.48. The fourth-order valence-electron chi connectivity index (χ4n) is 1.81. The van der Waals surface area contributed by atoms with Crippen LogP contribution in [0.25, 0.3) is 0 Å². The number of aromatic nitrogens is 2. The van der Waals surface area contributed by atoms with Crippen LogP contribution in [0.3, 0.4) is 0 Å². The second-order valence-corrected chi connectivity index (χ2v) is 5.42. The van der Waals surface area contributed by atoms with Gasteiger partial charge in [-0.1, -0.05) is 20.8 Å². The first-order valence-corrected chi connectivity index (χ1v) is 5.86. The summed E-state index contributed by atoms with van der Waals surface area (Å²) >= 11 is 0. The highest BCUT2D eigenvalue weighted by Gasteiger charge is 2.23. The number of H-pyrrole nitrogens is 1. The normalized spacial score (nSPS) is 15.7. The third-order valence-corrected chi connectivity index (χ3v) is 2.87. The minimum Gasteiger partial charge on any atom is -0.328 e. The van der Waals surface area contributed by atoms with Crippen LogP contribution in [-0.4, -0.2) is 15.9 Å². The number of hydrogen-bond acceptors (Lipinski definition) is 2. The van der Waals surface area contributed by atoms with Gasteiger partial charge >= 0.3 is 0 Å². The molecule has 0 fully saturated rings. The molecule has 1 amide bonds. The Morgan fingerprint density at radius 3 is 2.62 bits per heavy atom. The molecule has 16 heavy (non-hydrogen) atoms. The standard InChI is InChI=1S/C12H19N3O/c1-12(2,3)10(16)15-11-13-8-6-4-5-7-9(8)14-11/h4-7H2,1-3H3,(H2,13,14,15,16). The molecule has 0 spiro atoms. The minimum atomic E-state index is -0.382. The van der Waals surface area contributed by atoms with Crippen LogP contribution in [0.2, 0.25) is 0 Å². The number of nitrogens with zero attached hydrogens (tertiary/aromatic N) is 1. The van der Waals surface area contributed by atoms with Crippen LogP contribution in [0.1, 0.15) is 45.0 Å². The first kappa shape index (κ1) is 11.2. The van der Waals surface area contributed by atoms with Gasteiger partial charge in [0, 0.05) is 11.1 Å². The van der Waals surface area contributed by atoms with Crippen molar-refractivity contribution >= 4 is 11.9 Å². The molecule has 4 nitrogen and oxygen atoms in total. The highest BCUT2D eigenvalue weighted by Crippen LogP contribution is 2.22. The molecule has 0 saturated heterocycles. The quantitative estimate of drug-likeness (QED) is 0.764. The Kier molecular flexibility index (Phi) is 2.74. The van der Waals surface area contributed by atoms with Crippen molar-refractivity contribution in [2.75, 3.05) is 5.32 Å². The zero-order valence-electron chi connectivity index (χ0n) is 10.2. The van der Waals surface area contributed by atoms with Crippen LogP contribution in [-0.2, 0) is 17.6 Å². The molecule has 0 atom stereocenters. The minimum absolute atomic E-state index is 0.00130. The number of rotatable bonds is 1. The van der Waals surface area contributed by atoms with E-state index in [-0.39, 0.29) is 11.3 Å².